The molecule has 0 saturated carbocycles. The number of hydrogen-bond acceptors (Lipinski definition) is 4. The predicted molar refractivity (Wildman–Crippen MR) is 92.9 cm³/mol. The van der Waals surface area contributed by atoms with E-state index in [0.717, 1.165) is 26.1 Å². The third-order valence-corrected chi connectivity index (χ3v) is 4.94. The molecule has 0 radical (unpaired) electrons. The first kappa shape index (κ1) is 14.5. The van der Waals surface area contributed by atoms with Gasteiger partial charge in [-0.1, -0.05) is 15.9 Å². The first-order chi connectivity index (χ1) is 11.1. The van der Waals surface area contributed by atoms with E-state index in [2.05, 4.69) is 26.2 Å². The molecule has 0 unspecified atom stereocenters. The van der Waals surface area contributed by atoms with Crippen molar-refractivity contribution >= 4 is 49.1 Å². The molecule has 1 aromatic carbocycles. The molecule has 0 aliphatic rings. The van der Waals surface area contributed by atoms with Crippen LogP contribution in [0.15, 0.2) is 44.9 Å². The van der Waals surface area contributed by atoms with Crippen LogP contribution >= 0.6 is 27.3 Å². The van der Waals surface area contributed by atoms with Crippen molar-refractivity contribution in [2.24, 2.45) is 0 Å². The van der Waals surface area contributed by atoms with Crippen molar-refractivity contribution in [3.05, 3.63) is 57.5 Å². The molecule has 4 aromatic rings. The third-order valence-electron chi connectivity index (χ3n) is 3.68. The number of hydrogen-bond donors (Lipinski definition) is 1. The topological polar surface area (TPSA) is 59.5 Å². The smallest absolute Gasteiger partial charge is 0.287 e. The average Bonchev–Trinajstić information content (AvgIpc) is 3.19. The zero-order valence-electron chi connectivity index (χ0n) is 12.2. The van der Waals surface area contributed by atoms with Crippen molar-refractivity contribution in [1.82, 2.24) is 14.7 Å². The molecule has 0 fully saturated rings. The zero-order chi connectivity index (χ0) is 16.0. The Balaban J connectivity index is 1.56. The van der Waals surface area contributed by atoms with Crippen LogP contribution in [0.1, 0.15) is 21.8 Å². The van der Waals surface area contributed by atoms with Gasteiger partial charge in [-0.25, -0.2) is 4.98 Å². The van der Waals surface area contributed by atoms with Crippen molar-refractivity contribution in [1.29, 1.82) is 0 Å². The fourth-order valence-electron chi connectivity index (χ4n) is 2.52. The molecule has 1 amide bonds. The molecule has 116 valence electrons. The summed E-state index contributed by atoms with van der Waals surface area (Å²) in [6.45, 7) is 2.26. The number of nitrogens with zero attached hydrogens (tertiary/aromatic N) is 2. The zero-order valence-corrected chi connectivity index (χ0v) is 14.6. The SMILES string of the molecule is Cc1c(C(=O)NCc2cn3ccsc3n2)oc2ccc(Br)cc12. The van der Waals surface area contributed by atoms with Crippen molar-refractivity contribution in [2.45, 2.75) is 13.5 Å². The van der Waals surface area contributed by atoms with Crippen LogP contribution in [0.2, 0.25) is 0 Å². The number of nitrogens with one attached hydrogen (secondary N) is 1. The number of aromatic nitrogens is 2. The van der Waals surface area contributed by atoms with Crippen molar-refractivity contribution in [2.75, 3.05) is 0 Å². The van der Waals surface area contributed by atoms with E-state index in [0.29, 0.717) is 17.9 Å². The minimum atomic E-state index is -0.230. The minimum Gasteiger partial charge on any atom is -0.451 e. The summed E-state index contributed by atoms with van der Waals surface area (Å²) in [5, 5.41) is 5.78. The second-order valence-electron chi connectivity index (χ2n) is 5.20. The van der Waals surface area contributed by atoms with Crippen LogP contribution in [0.5, 0.6) is 0 Å². The Bertz CT molecular complexity index is 1000. The van der Waals surface area contributed by atoms with E-state index in [1.54, 1.807) is 11.3 Å². The minimum absolute atomic E-state index is 0.230. The number of carbonyl (C=O) groups excluding carboxylic acids is 1. The van der Waals surface area contributed by atoms with Crippen LogP contribution in [0, 0.1) is 6.92 Å². The Morgan fingerprint density at radius 2 is 2.35 bits per heavy atom. The Hall–Kier alpha value is -2.12. The largest absolute Gasteiger partial charge is 0.451 e. The highest BCUT2D eigenvalue weighted by Gasteiger charge is 2.18. The van der Waals surface area contributed by atoms with Crippen molar-refractivity contribution < 1.29 is 9.21 Å². The lowest BCUT2D eigenvalue weighted by atomic mass is 10.1. The van der Waals surface area contributed by atoms with E-state index >= 15 is 0 Å². The van der Waals surface area contributed by atoms with E-state index in [1.807, 2.05) is 47.3 Å². The van der Waals surface area contributed by atoms with Gasteiger partial charge in [-0.3, -0.25) is 9.20 Å². The van der Waals surface area contributed by atoms with Gasteiger partial charge >= 0.3 is 0 Å². The highest BCUT2D eigenvalue weighted by atomic mass is 79.9. The number of amides is 1. The summed E-state index contributed by atoms with van der Waals surface area (Å²) >= 11 is 5.00. The van der Waals surface area contributed by atoms with Crippen LogP contribution < -0.4 is 5.32 Å². The number of furan rings is 1. The van der Waals surface area contributed by atoms with E-state index in [1.165, 1.54) is 0 Å². The molecule has 0 atom stereocenters. The Morgan fingerprint density at radius 1 is 1.48 bits per heavy atom. The van der Waals surface area contributed by atoms with Gasteiger partial charge in [0.15, 0.2) is 10.7 Å². The van der Waals surface area contributed by atoms with Gasteiger partial charge in [-0.05, 0) is 25.1 Å². The lowest BCUT2D eigenvalue weighted by molar-refractivity contribution is 0.0924. The van der Waals surface area contributed by atoms with Crippen LogP contribution in [0.4, 0.5) is 0 Å². The van der Waals surface area contributed by atoms with E-state index < -0.39 is 0 Å². The van der Waals surface area contributed by atoms with Gasteiger partial charge in [-0.15, -0.1) is 11.3 Å². The molecule has 3 heterocycles. The van der Waals surface area contributed by atoms with Gasteiger partial charge in [0.25, 0.3) is 5.91 Å². The molecular weight excluding hydrogens is 378 g/mol. The van der Waals surface area contributed by atoms with E-state index in [9.17, 15) is 4.79 Å². The molecule has 23 heavy (non-hydrogen) atoms. The number of aryl methyl sites for hydroxylation is 1. The molecule has 0 saturated heterocycles. The first-order valence-electron chi connectivity index (χ1n) is 7.00. The highest BCUT2D eigenvalue weighted by Crippen LogP contribution is 2.28. The highest BCUT2D eigenvalue weighted by molar-refractivity contribution is 9.10. The van der Waals surface area contributed by atoms with Crippen molar-refractivity contribution in [3.8, 4) is 0 Å². The first-order valence-corrected chi connectivity index (χ1v) is 8.67. The summed E-state index contributed by atoms with van der Waals surface area (Å²) in [6, 6.07) is 5.70. The molecule has 5 nitrogen and oxygen atoms in total. The second kappa shape index (κ2) is 5.50. The van der Waals surface area contributed by atoms with Gasteiger partial charge in [0.05, 0.1) is 12.2 Å². The van der Waals surface area contributed by atoms with Crippen LogP contribution in [0.25, 0.3) is 15.9 Å². The average molecular weight is 390 g/mol. The lowest BCUT2D eigenvalue weighted by Gasteiger charge is -2.01. The molecular formula is C16H12BrN3O2S. The van der Waals surface area contributed by atoms with Gasteiger partial charge in [0, 0.05) is 33.2 Å². The molecule has 0 spiro atoms. The Morgan fingerprint density at radius 3 is 3.17 bits per heavy atom. The number of thiazole rings is 1. The number of halogens is 1. The summed E-state index contributed by atoms with van der Waals surface area (Å²) in [4.78, 5) is 17.8. The molecule has 0 aliphatic heterocycles. The predicted octanol–water partition coefficient (Wildman–Crippen LogP) is 4.14. The van der Waals surface area contributed by atoms with Crippen LogP contribution in [-0.2, 0) is 6.54 Å². The van der Waals surface area contributed by atoms with Crippen LogP contribution in [-0.4, -0.2) is 15.3 Å². The fourth-order valence-corrected chi connectivity index (χ4v) is 3.60. The summed E-state index contributed by atoms with van der Waals surface area (Å²) in [5.74, 6) is 0.116. The van der Waals surface area contributed by atoms with Gasteiger partial charge in [0.1, 0.15) is 5.58 Å². The fraction of sp³-hybridized carbons (Fsp3) is 0.125. The number of benzene rings is 1. The van der Waals surface area contributed by atoms with Crippen LogP contribution in [0.3, 0.4) is 0 Å². The maximum Gasteiger partial charge on any atom is 0.287 e. The summed E-state index contributed by atoms with van der Waals surface area (Å²) < 4.78 is 8.59. The Labute approximate surface area is 144 Å². The molecule has 3 aromatic heterocycles. The molecule has 4 rings (SSSR count). The quantitative estimate of drug-likeness (QED) is 0.572. The van der Waals surface area contributed by atoms with Gasteiger partial charge in [0.2, 0.25) is 0 Å². The summed E-state index contributed by atoms with van der Waals surface area (Å²) in [6.07, 6.45) is 3.86. The molecule has 7 heteroatoms. The normalized spacial score (nSPS) is 11.4. The van der Waals surface area contributed by atoms with E-state index in [4.69, 9.17) is 4.42 Å². The third kappa shape index (κ3) is 2.55. The monoisotopic (exact) mass is 389 g/mol. The summed E-state index contributed by atoms with van der Waals surface area (Å²) in [7, 11) is 0. The standard InChI is InChI=1S/C16H12BrN3O2S/c1-9-12-6-10(17)2-3-13(12)22-14(9)15(21)18-7-11-8-20-4-5-23-16(20)19-11/h2-6,8H,7H2,1H3,(H,18,21). The van der Waals surface area contributed by atoms with Gasteiger partial charge in [-0.2, -0.15) is 0 Å². The maximum atomic E-state index is 12.4. The molecule has 1 N–H and O–H groups in total. The molecule has 0 aliphatic carbocycles. The number of carbonyl (C=O) groups is 1. The summed E-state index contributed by atoms with van der Waals surface area (Å²) in [5.41, 5.74) is 2.37. The Kier molecular flexibility index (Phi) is 3.46. The lowest BCUT2D eigenvalue weighted by Crippen LogP contribution is -2.23. The van der Waals surface area contributed by atoms with Gasteiger partial charge < -0.3 is 9.73 Å². The number of rotatable bonds is 3. The maximum absolute atomic E-state index is 12.4. The van der Waals surface area contributed by atoms with Crippen molar-refractivity contribution in [3.63, 3.8) is 0 Å². The second-order valence-corrected chi connectivity index (χ2v) is 6.99. The number of fused-ring (bicyclic) bond motifs is 2. The number of imidazole rings is 1. The molecule has 0 bridgehead atoms. The van der Waals surface area contributed by atoms with E-state index in [-0.39, 0.29) is 5.91 Å².